The molecular weight excluding hydrogens is 685 g/mol. The number of hydrogen-bond acceptors (Lipinski definition) is 7. The Hall–Kier alpha value is -1.21. The van der Waals surface area contributed by atoms with Crippen LogP contribution in [0, 0.1) is 29.1 Å². The zero-order valence-corrected chi connectivity index (χ0v) is 30.7. The Morgan fingerprint density at radius 1 is 1.14 bits per heavy atom. The van der Waals surface area contributed by atoms with Crippen LogP contribution in [-0.2, 0) is 17.6 Å². The van der Waals surface area contributed by atoms with Crippen LogP contribution in [0.3, 0.4) is 0 Å². The predicted molar refractivity (Wildman–Crippen MR) is 183 cm³/mol. The zero-order chi connectivity index (χ0) is 36.4. The van der Waals surface area contributed by atoms with Crippen LogP contribution < -0.4 is 10.1 Å². The molecule has 5 N–H and O–H groups in total. The van der Waals surface area contributed by atoms with Gasteiger partial charge in [0.1, 0.15) is 22.3 Å². The molecule has 0 aromatic heterocycles. The smallest absolute Gasteiger partial charge is 0.425 e. The van der Waals surface area contributed by atoms with Gasteiger partial charge in [-0.2, -0.15) is 13.2 Å². The lowest BCUT2D eigenvalue weighted by molar-refractivity contribution is -0.197. The molecule has 0 spiro atoms. The molecule has 0 saturated heterocycles. The number of halogens is 4. The maximum atomic E-state index is 13.9. The average molecular weight is 740 g/mol. The van der Waals surface area contributed by atoms with Crippen molar-refractivity contribution in [2.24, 2.45) is 29.1 Å². The molecular formula is C35H54F4NO7PS. The van der Waals surface area contributed by atoms with Crippen LogP contribution in [-0.4, -0.2) is 85.1 Å². The Labute approximate surface area is 292 Å². The number of nitrogens with one attached hydrogen (secondary N) is 1. The second kappa shape index (κ2) is 16.2. The number of ether oxygens (including phenoxy) is 1. The predicted octanol–water partition coefficient (Wildman–Crippen LogP) is 5.76. The molecule has 1 aromatic carbocycles. The van der Waals surface area contributed by atoms with Crippen LogP contribution in [0.4, 0.5) is 22.4 Å². The van der Waals surface area contributed by atoms with Gasteiger partial charge in [0, 0.05) is 0 Å². The van der Waals surface area contributed by atoms with Crippen molar-refractivity contribution in [1.82, 2.24) is 5.32 Å². The van der Waals surface area contributed by atoms with Crippen LogP contribution in [0.5, 0.6) is 5.75 Å². The number of rotatable bonds is 15. The molecule has 11 atom stereocenters. The van der Waals surface area contributed by atoms with E-state index in [1.165, 1.54) is 14.8 Å². The highest BCUT2D eigenvalue weighted by Crippen LogP contribution is 2.63. The van der Waals surface area contributed by atoms with Gasteiger partial charge in [0.2, 0.25) is 5.41 Å². The normalized spacial score (nSPS) is 29.9. The van der Waals surface area contributed by atoms with Crippen LogP contribution in [0.2, 0.25) is 0 Å². The Morgan fingerprint density at radius 3 is 2.45 bits per heavy atom. The van der Waals surface area contributed by atoms with Crippen molar-refractivity contribution >= 4 is 26.5 Å². The van der Waals surface area contributed by atoms with Gasteiger partial charge in [-0.15, -0.1) is 0 Å². The number of benzene rings is 1. The Kier molecular flexibility index (Phi) is 13.4. The summed E-state index contributed by atoms with van der Waals surface area (Å²) < 4.78 is 70.9. The van der Waals surface area contributed by atoms with Crippen molar-refractivity contribution in [3.8, 4) is 5.75 Å². The van der Waals surface area contributed by atoms with Crippen LogP contribution in [0.1, 0.15) is 95.6 Å². The van der Waals surface area contributed by atoms with Crippen molar-refractivity contribution < 1.29 is 52.1 Å². The maximum absolute atomic E-state index is 13.9. The second-order valence-corrected chi connectivity index (χ2v) is 18.2. The van der Waals surface area contributed by atoms with E-state index < -0.39 is 60.6 Å². The van der Waals surface area contributed by atoms with Gasteiger partial charge in [0.05, 0.1) is 25.9 Å². The van der Waals surface area contributed by atoms with E-state index in [4.69, 9.17) is 4.74 Å². The Balaban J connectivity index is 1.44. The first kappa shape index (κ1) is 40.6. The lowest BCUT2D eigenvalue weighted by Gasteiger charge is -2.53. The Bertz CT molecular complexity index is 1260. The minimum absolute atomic E-state index is 0.0131. The molecule has 0 bridgehead atoms. The zero-order valence-electron chi connectivity index (χ0n) is 28.7. The third-order valence-electron chi connectivity index (χ3n) is 11.9. The highest BCUT2D eigenvalue weighted by atomic mass is 32.2. The topological polar surface area (TPSA) is 142 Å². The highest BCUT2D eigenvalue weighted by molar-refractivity contribution is 7.91. The Morgan fingerprint density at radius 2 is 1.82 bits per heavy atom. The summed E-state index contributed by atoms with van der Waals surface area (Å²) in [7, 11) is 1.24. The first-order valence-electron chi connectivity index (χ1n) is 17.5. The van der Waals surface area contributed by atoms with Gasteiger partial charge in [-0.3, -0.25) is 0 Å². The minimum atomic E-state index is -4.98. The number of aliphatic hydroxyl groups is 4. The first-order valence-corrected chi connectivity index (χ1v) is 19.4. The van der Waals surface area contributed by atoms with Crippen molar-refractivity contribution in [1.29, 1.82) is 0 Å². The highest BCUT2D eigenvalue weighted by Gasteiger charge is 2.56. The molecule has 3 aliphatic carbocycles. The third-order valence-corrected chi connectivity index (χ3v) is 14.3. The molecule has 1 amide bonds. The molecule has 49 heavy (non-hydrogen) atoms. The van der Waals surface area contributed by atoms with E-state index in [0.29, 0.717) is 24.0 Å². The fraction of sp³-hybridized carbons (Fsp3) is 0.800. The summed E-state index contributed by atoms with van der Waals surface area (Å²) >= 11 is -1.38. The van der Waals surface area contributed by atoms with Crippen molar-refractivity contribution in [2.75, 3.05) is 25.6 Å². The molecule has 5 unspecified atom stereocenters. The number of fused-ring (bicyclic) bond motifs is 5. The summed E-state index contributed by atoms with van der Waals surface area (Å²) in [5, 5.41) is 38.5. The van der Waals surface area contributed by atoms with E-state index in [2.05, 4.69) is 19.2 Å². The monoisotopic (exact) mass is 739 g/mol. The maximum Gasteiger partial charge on any atom is 0.425 e. The molecule has 280 valence electrons. The third kappa shape index (κ3) is 9.06. The van der Waals surface area contributed by atoms with Crippen molar-refractivity contribution in [3.05, 3.63) is 29.3 Å². The van der Waals surface area contributed by atoms with Gasteiger partial charge >= 0.3 is 12.3 Å². The van der Waals surface area contributed by atoms with E-state index >= 15 is 0 Å². The first-order chi connectivity index (χ1) is 22.9. The molecule has 1 aromatic rings. The number of carbonyl (C=O) groups is 1. The largest absolute Gasteiger partial charge is 0.616 e. The summed E-state index contributed by atoms with van der Waals surface area (Å²) in [4.78, 5) is 12.6. The molecule has 4 rings (SSSR count). The summed E-state index contributed by atoms with van der Waals surface area (Å²) in [6.45, 7) is 4.13. The number of aliphatic hydroxyl groups excluding tert-OH is 4. The average Bonchev–Trinajstić information content (AvgIpc) is 3.35. The van der Waals surface area contributed by atoms with E-state index in [0.717, 1.165) is 50.5 Å². The number of hydrogen-bond donors (Lipinski definition) is 5. The van der Waals surface area contributed by atoms with Crippen LogP contribution >= 0.6 is 9.24 Å². The molecule has 3 aliphatic rings. The van der Waals surface area contributed by atoms with Crippen LogP contribution in [0.15, 0.2) is 18.2 Å². The van der Waals surface area contributed by atoms with Gasteiger partial charge < -0.3 is 35.0 Å². The van der Waals surface area contributed by atoms with Gasteiger partial charge in [-0.05, 0) is 123 Å². The van der Waals surface area contributed by atoms with Crippen LogP contribution in [0.25, 0.3) is 0 Å². The van der Waals surface area contributed by atoms with Gasteiger partial charge in [0.25, 0.3) is 0 Å². The molecule has 0 aliphatic heterocycles. The lowest BCUT2D eigenvalue weighted by atomic mass is 9.52. The van der Waals surface area contributed by atoms with Crippen molar-refractivity contribution in [2.45, 2.75) is 119 Å². The van der Waals surface area contributed by atoms with Gasteiger partial charge in [0.15, 0.2) is 0 Å². The second-order valence-electron chi connectivity index (χ2n) is 15.3. The number of carbonyl (C=O) groups excluding carboxylic acids is 1. The minimum Gasteiger partial charge on any atom is -0.616 e. The summed E-state index contributed by atoms with van der Waals surface area (Å²) in [5.74, 6) is 1.80. The molecule has 2 fully saturated rings. The SMILES string of the molecule is CC(CC[C@@H]1Cc2cc(OC(=O)NC(CO)(CO)CO)ccc2[C@H]2CC[C@]3(C)[C@@H](O)CC[C@H]3[C@H]12)CC(C)[S+]([O-])CCCC(F)(P)C(F)(F)F. The molecule has 2 saturated carbocycles. The van der Waals surface area contributed by atoms with E-state index in [-0.39, 0.29) is 46.7 Å². The summed E-state index contributed by atoms with van der Waals surface area (Å²) in [6.07, 6.45) is -0.373. The molecule has 0 heterocycles. The molecule has 14 heteroatoms. The molecule has 0 radical (unpaired) electrons. The summed E-state index contributed by atoms with van der Waals surface area (Å²) in [6, 6.07) is 5.61. The van der Waals surface area contributed by atoms with Gasteiger partial charge in [-0.1, -0.05) is 46.8 Å². The van der Waals surface area contributed by atoms with E-state index in [1.807, 2.05) is 19.1 Å². The number of amides is 1. The standard InChI is InChI=1S/C35H54F4NO7PS/c1-21(15-22(2)49(46)14-4-12-34(36,48)35(37,38)39)5-6-23-16-24-17-25(47-31(45)40-33(18-41,19-42)20-43)7-8-26(24)27-11-13-32(3)28(30(23)27)9-10-29(32)44/h7-8,17,21-23,27-30,41-44H,4-6,9-16,18-20,48H2,1-3H3,(H,40,45)/t21?,22?,23-,27-,28+,29+,30-,32+,34?,49?/m1/s1. The van der Waals surface area contributed by atoms with E-state index in [9.17, 15) is 47.3 Å². The summed E-state index contributed by atoms with van der Waals surface area (Å²) in [5.41, 5.74) is 0.537. The fourth-order valence-corrected chi connectivity index (χ4v) is 10.4. The van der Waals surface area contributed by atoms with E-state index in [1.54, 1.807) is 6.07 Å². The quantitative estimate of drug-likeness (QED) is 0.0875. The lowest BCUT2D eigenvalue weighted by Crippen LogP contribution is -2.57. The molecule has 8 nitrogen and oxygen atoms in total. The van der Waals surface area contributed by atoms with Crippen molar-refractivity contribution in [3.63, 3.8) is 0 Å². The fourth-order valence-electron chi connectivity index (χ4n) is 8.81. The number of alkyl halides is 4. The van der Waals surface area contributed by atoms with Gasteiger partial charge in [-0.25, -0.2) is 9.18 Å².